The Kier molecular flexibility index (Phi) is 2.26. The normalized spacial score (nSPS) is 15.6. The zero-order valence-electron chi connectivity index (χ0n) is 9.05. The largest absolute Gasteiger partial charge is 0.376 e. The summed E-state index contributed by atoms with van der Waals surface area (Å²) < 4.78 is 1.25. The zero-order chi connectivity index (χ0) is 11.0. The number of thiazole rings is 1. The van der Waals surface area contributed by atoms with Crippen molar-refractivity contribution in [3.8, 4) is 0 Å². The monoisotopic (exact) mass is 228 g/mol. The van der Waals surface area contributed by atoms with Crippen LogP contribution in [0.15, 0.2) is 42.6 Å². The molecule has 0 spiro atoms. The van der Waals surface area contributed by atoms with Gasteiger partial charge in [-0.05, 0) is 12.1 Å². The first kappa shape index (κ1) is 9.60. The van der Waals surface area contributed by atoms with Crippen molar-refractivity contribution in [2.24, 2.45) is 0 Å². The summed E-state index contributed by atoms with van der Waals surface area (Å²) in [5, 5.41) is 1.10. The van der Waals surface area contributed by atoms with Gasteiger partial charge in [-0.2, -0.15) is 0 Å². The van der Waals surface area contributed by atoms with Crippen molar-refractivity contribution >= 4 is 27.1 Å². The van der Waals surface area contributed by atoms with Crippen molar-refractivity contribution in [1.82, 2.24) is 9.88 Å². The smallest absolute Gasteiger partial charge is 0.126 e. The van der Waals surface area contributed by atoms with Crippen LogP contribution in [-0.2, 0) is 0 Å². The van der Waals surface area contributed by atoms with E-state index in [2.05, 4.69) is 53.5 Å². The van der Waals surface area contributed by atoms with Crippen LogP contribution in [0.25, 0.3) is 15.8 Å². The Hall–Kier alpha value is -1.61. The highest BCUT2D eigenvalue weighted by Crippen LogP contribution is 2.28. The van der Waals surface area contributed by atoms with Crippen molar-refractivity contribution < 1.29 is 0 Å². The number of para-hydroxylation sites is 1. The van der Waals surface area contributed by atoms with Crippen molar-refractivity contribution in [3.05, 3.63) is 47.6 Å². The lowest BCUT2D eigenvalue weighted by atomic mass is 10.2. The second-order valence-electron chi connectivity index (χ2n) is 3.91. The van der Waals surface area contributed by atoms with Crippen molar-refractivity contribution in [2.75, 3.05) is 13.6 Å². The van der Waals surface area contributed by atoms with E-state index in [1.54, 1.807) is 11.3 Å². The third-order valence-corrected chi connectivity index (χ3v) is 3.68. The van der Waals surface area contributed by atoms with Gasteiger partial charge in [0.1, 0.15) is 5.01 Å². The highest BCUT2D eigenvalue weighted by Gasteiger charge is 2.09. The van der Waals surface area contributed by atoms with E-state index in [1.165, 1.54) is 10.3 Å². The van der Waals surface area contributed by atoms with Gasteiger partial charge in [0.2, 0.25) is 0 Å². The van der Waals surface area contributed by atoms with Gasteiger partial charge in [0, 0.05) is 25.4 Å². The first-order valence-corrected chi connectivity index (χ1v) is 6.09. The highest BCUT2D eigenvalue weighted by atomic mass is 32.1. The number of hydrogen-bond acceptors (Lipinski definition) is 3. The Balaban J connectivity index is 2.09. The quantitative estimate of drug-likeness (QED) is 0.745. The lowest BCUT2D eigenvalue weighted by molar-refractivity contribution is 0.507. The number of allylic oxidation sites excluding steroid dienone is 2. The van der Waals surface area contributed by atoms with Crippen molar-refractivity contribution in [3.63, 3.8) is 0 Å². The molecule has 2 aromatic rings. The maximum atomic E-state index is 4.64. The van der Waals surface area contributed by atoms with Gasteiger partial charge in [0.15, 0.2) is 0 Å². The fourth-order valence-electron chi connectivity index (χ4n) is 1.80. The molecule has 3 heteroatoms. The highest BCUT2D eigenvalue weighted by molar-refractivity contribution is 7.19. The van der Waals surface area contributed by atoms with Crippen LogP contribution >= 0.6 is 11.3 Å². The molecule has 0 unspecified atom stereocenters. The minimum Gasteiger partial charge on any atom is -0.376 e. The van der Waals surface area contributed by atoms with E-state index in [4.69, 9.17) is 0 Å². The van der Waals surface area contributed by atoms with Crippen LogP contribution in [0.3, 0.4) is 0 Å². The number of aromatic nitrogens is 1. The molecule has 0 radical (unpaired) electrons. The molecule has 0 bridgehead atoms. The second kappa shape index (κ2) is 3.76. The minimum absolute atomic E-state index is 0.981. The van der Waals surface area contributed by atoms with Gasteiger partial charge in [0.05, 0.1) is 10.2 Å². The van der Waals surface area contributed by atoms with E-state index in [1.807, 2.05) is 6.07 Å². The number of rotatable bonds is 1. The summed E-state index contributed by atoms with van der Waals surface area (Å²) in [4.78, 5) is 6.81. The SMILES string of the molecule is CN1C=C(c2nc3ccccc3s2)C=CC1. The van der Waals surface area contributed by atoms with Gasteiger partial charge in [-0.3, -0.25) is 0 Å². The molecular weight excluding hydrogens is 216 g/mol. The van der Waals surface area contributed by atoms with E-state index in [0.717, 1.165) is 17.1 Å². The van der Waals surface area contributed by atoms with Crippen LogP contribution in [0.4, 0.5) is 0 Å². The van der Waals surface area contributed by atoms with Crippen LogP contribution in [0.2, 0.25) is 0 Å². The molecule has 0 saturated heterocycles. The first-order chi connectivity index (χ1) is 7.83. The fraction of sp³-hybridized carbons (Fsp3) is 0.154. The third-order valence-electron chi connectivity index (χ3n) is 2.59. The molecule has 0 aliphatic carbocycles. The summed E-state index contributed by atoms with van der Waals surface area (Å²) in [5.74, 6) is 0. The summed E-state index contributed by atoms with van der Waals surface area (Å²) in [6, 6.07) is 8.27. The summed E-state index contributed by atoms with van der Waals surface area (Å²) in [6.07, 6.45) is 6.47. The Morgan fingerprint density at radius 3 is 3.00 bits per heavy atom. The van der Waals surface area contributed by atoms with E-state index >= 15 is 0 Å². The molecule has 1 aromatic carbocycles. The van der Waals surface area contributed by atoms with Gasteiger partial charge >= 0.3 is 0 Å². The van der Waals surface area contributed by atoms with Crippen LogP contribution in [0, 0.1) is 0 Å². The molecule has 80 valence electrons. The molecule has 2 heterocycles. The molecule has 3 rings (SSSR count). The minimum atomic E-state index is 0.981. The molecule has 16 heavy (non-hydrogen) atoms. The van der Waals surface area contributed by atoms with Gasteiger partial charge in [-0.15, -0.1) is 11.3 Å². The number of nitrogens with zero attached hydrogens (tertiary/aromatic N) is 2. The standard InChI is InChI=1S/C13H12N2S/c1-15-8-4-5-10(9-15)13-14-11-6-2-3-7-12(11)16-13/h2-7,9H,8H2,1H3. The summed E-state index contributed by atoms with van der Waals surface area (Å²) >= 11 is 1.75. The fourth-order valence-corrected chi connectivity index (χ4v) is 2.76. The van der Waals surface area contributed by atoms with E-state index in [0.29, 0.717) is 0 Å². The Morgan fingerprint density at radius 2 is 2.19 bits per heavy atom. The van der Waals surface area contributed by atoms with Crippen LogP contribution in [0.1, 0.15) is 5.01 Å². The zero-order valence-corrected chi connectivity index (χ0v) is 9.87. The van der Waals surface area contributed by atoms with E-state index in [-0.39, 0.29) is 0 Å². The number of fused-ring (bicyclic) bond motifs is 1. The summed E-state index contributed by atoms with van der Waals surface area (Å²) in [6.45, 7) is 0.981. The molecule has 0 fully saturated rings. The number of benzene rings is 1. The first-order valence-electron chi connectivity index (χ1n) is 5.27. The Morgan fingerprint density at radius 1 is 1.31 bits per heavy atom. The van der Waals surface area contributed by atoms with Gasteiger partial charge in [0.25, 0.3) is 0 Å². The maximum absolute atomic E-state index is 4.64. The predicted octanol–water partition coefficient (Wildman–Crippen LogP) is 3.14. The molecule has 1 aliphatic rings. The molecule has 1 aliphatic heterocycles. The average Bonchev–Trinajstić information content (AvgIpc) is 2.72. The third kappa shape index (κ3) is 1.63. The van der Waals surface area contributed by atoms with Crippen molar-refractivity contribution in [1.29, 1.82) is 0 Å². The topological polar surface area (TPSA) is 16.1 Å². The van der Waals surface area contributed by atoms with Gasteiger partial charge in [-0.25, -0.2) is 4.98 Å². The van der Waals surface area contributed by atoms with Crippen LogP contribution in [0.5, 0.6) is 0 Å². The van der Waals surface area contributed by atoms with Gasteiger partial charge < -0.3 is 4.90 Å². The summed E-state index contributed by atoms with van der Waals surface area (Å²) in [5.41, 5.74) is 2.29. The Bertz CT molecular complexity index is 547. The maximum Gasteiger partial charge on any atom is 0.126 e. The number of hydrogen-bond donors (Lipinski definition) is 0. The summed E-state index contributed by atoms with van der Waals surface area (Å²) in [7, 11) is 2.08. The molecular formula is C13H12N2S. The van der Waals surface area contributed by atoms with Crippen LogP contribution < -0.4 is 0 Å². The molecule has 0 amide bonds. The average molecular weight is 228 g/mol. The molecule has 0 saturated carbocycles. The van der Waals surface area contributed by atoms with E-state index < -0.39 is 0 Å². The lowest BCUT2D eigenvalue weighted by Gasteiger charge is -2.16. The van der Waals surface area contributed by atoms with E-state index in [9.17, 15) is 0 Å². The predicted molar refractivity (Wildman–Crippen MR) is 69.4 cm³/mol. The van der Waals surface area contributed by atoms with Crippen molar-refractivity contribution in [2.45, 2.75) is 0 Å². The molecule has 0 atom stereocenters. The molecule has 2 nitrogen and oxygen atoms in total. The van der Waals surface area contributed by atoms with Gasteiger partial charge in [-0.1, -0.05) is 24.3 Å². The molecule has 1 aromatic heterocycles. The van der Waals surface area contributed by atoms with Crippen LogP contribution in [-0.4, -0.2) is 23.5 Å². The second-order valence-corrected chi connectivity index (χ2v) is 4.94. The Labute approximate surface area is 98.5 Å². The lowest BCUT2D eigenvalue weighted by Crippen LogP contribution is -2.13. The number of likely N-dealkylation sites (N-methyl/N-ethyl adjacent to an activating group) is 1. The molecule has 0 N–H and O–H groups in total.